The highest BCUT2D eigenvalue weighted by Gasteiger charge is 2.21. The molecule has 0 saturated carbocycles. The lowest BCUT2D eigenvalue weighted by Gasteiger charge is -2.13. The van der Waals surface area contributed by atoms with Crippen molar-refractivity contribution in [3.8, 4) is 0 Å². The van der Waals surface area contributed by atoms with Crippen LogP contribution in [0.1, 0.15) is 20.7 Å². The second kappa shape index (κ2) is 7.79. The third-order valence-corrected chi connectivity index (χ3v) is 4.66. The molecule has 0 saturated heterocycles. The number of carboxylic acids is 1. The largest absolute Gasteiger partial charge is 0.478 e. The number of sulfonamides is 1. The molecular weight excluding hydrogens is 363 g/mol. The predicted octanol–water partition coefficient (Wildman–Crippen LogP) is 2.24. The Hall–Kier alpha value is -3.20. The smallest absolute Gasteiger partial charge is 0.338 e. The van der Waals surface area contributed by atoms with Gasteiger partial charge in [-0.15, -0.1) is 6.58 Å². The lowest BCUT2D eigenvalue weighted by atomic mass is 10.1. The van der Waals surface area contributed by atoms with Crippen LogP contribution in [0, 0.1) is 5.82 Å². The second-order valence-corrected chi connectivity index (χ2v) is 6.78. The molecular formula is C17H15FN2O5S. The van der Waals surface area contributed by atoms with Crippen molar-refractivity contribution in [1.29, 1.82) is 0 Å². The molecule has 9 heteroatoms. The van der Waals surface area contributed by atoms with Gasteiger partial charge in [-0.05, 0) is 30.3 Å². The van der Waals surface area contributed by atoms with Gasteiger partial charge >= 0.3 is 5.97 Å². The van der Waals surface area contributed by atoms with Gasteiger partial charge in [0.15, 0.2) is 0 Å². The Morgan fingerprint density at radius 3 is 2.50 bits per heavy atom. The Morgan fingerprint density at radius 1 is 1.15 bits per heavy atom. The summed E-state index contributed by atoms with van der Waals surface area (Å²) in [4.78, 5) is 22.7. The second-order valence-electron chi connectivity index (χ2n) is 5.10. The van der Waals surface area contributed by atoms with Crippen LogP contribution in [0.2, 0.25) is 0 Å². The molecule has 2 rings (SSSR count). The van der Waals surface area contributed by atoms with E-state index in [1.807, 2.05) is 0 Å². The predicted molar refractivity (Wildman–Crippen MR) is 93.1 cm³/mol. The van der Waals surface area contributed by atoms with Crippen molar-refractivity contribution in [3.05, 3.63) is 72.1 Å². The van der Waals surface area contributed by atoms with Gasteiger partial charge in [0.2, 0.25) is 0 Å². The van der Waals surface area contributed by atoms with Crippen LogP contribution in [0.5, 0.6) is 0 Å². The molecule has 136 valence electrons. The van der Waals surface area contributed by atoms with Crippen LogP contribution in [-0.4, -0.2) is 31.9 Å². The van der Waals surface area contributed by atoms with Gasteiger partial charge in [0.05, 0.1) is 21.7 Å². The van der Waals surface area contributed by atoms with Crippen molar-refractivity contribution in [1.82, 2.24) is 5.32 Å². The number of para-hydroxylation sites is 1. The molecule has 0 spiro atoms. The van der Waals surface area contributed by atoms with E-state index in [9.17, 15) is 22.4 Å². The SMILES string of the molecule is C=CCNC(=O)c1ccccc1NS(=O)(=O)c1ccc(F)c(C(=O)O)c1. The number of nitrogens with one attached hydrogen (secondary N) is 2. The van der Waals surface area contributed by atoms with Crippen molar-refractivity contribution in [2.45, 2.75) is 4.90 Å². The number of hydrogen-bond acceptors (Lipinski definition) is 4. The van der Waals surface area contributed by atoms with E-state index in [1.54, 1.807) is 6.07 Å². The highest BCUT2D eigenvalue weighted by molar-refractivity contribution is 7.92. The Bertz CT molecular complexity index is 973. The highest BCUT2D eigenvalue weighted by atomic mass is 32.2. The number of amides is 1. The molecule has 0 bridgehead atoms. The van der Waals surface area contributed by atoms with E-state index in [0.29, 0.717) is 6.07 Å². The first-order valence-corrected chi connectivity index (χ1v) is 8.78. The zero-order chi connectivity index (χ0) is 19.3. The Morgan fingerprint density at radius 2 is 1.85 bits per heavy atom. The summed E-state index contributed by atoms with van der Waals surface area (Å²) in [6.45, 7) is 3.67. The molecule has 0 unspecified atom stereocenters. The van der Waals surface area contributed by atoms with Gasteiger partial charge in [-0.2, -0.15) is 0 Å². The molecule has 1 amide bonds. The summed E-state index contributed by atoms with van der Waals surface area (Å²) in [5, 5.41) is 11.5. The first-order valence-electron chi connectivity index (χ1n) is 7.30. The summed E-state index contributed by atoms with van der Waals surface area (Å²) in [6, 6.07) is 8.27. The normalized spacial score (nSPS) is 10.8. The van der Waals surface area contributed by atoms with Crippen molar-refractivity contribution in [2.24, 2.45) is 0 Å². The summed E-state index contributed by atoms with van der Waals surface area (Å²) < 4.78 is 40.7. The number of carbonyl (C=O) groups is 2. The van der Waals surface area contributed by atoms with Crippen molar-refractivity contribution >= 4 is 27.6 Å². The van der Waals surface area contributed by atoms with Gasteiger partial charge in [-0.25, -0.2) is 17.6 Å². The number of anilines is 1. The van der Waals surface area contributed by atoms with Gasteiger partial charge in [0.1, 0.15) is 5.82 Å². The standard InChI is InChI=1S/C17H15FN2O5S/c1-2-9-19-16(21)12-5-3-4-6-15(12)20-26(24,25)11-7-8-14(18)13(10-11)17(22)23/h2-8,10,20H,1,9H2,(H,19,21)(H,22,23). The molecule has 0 fully saturated rings. The summed E-state index contributed by atoms with van der Waals surface area (Å²) in [6.07, 6.45) is 1.47. The van der Waals surface area contributed by atoms with Crippen LogP contribution in [0.15, 0.2) is 60.0 Å². The number of halogens is 1. The maximum atomic E-state index is 13.5. The number of benzene rings is 2. The molecule has 0 aliphatic rings. The van der Waals surface area contributed by atoms with Crippen LogP contribution in [0.3, 0.4) is 0 Å². The van der Waals surface area contributed by atoms with Crippen molar-refractivity contribution < 1.29 is 27.5 Å². The van der Waals surface area contributed by atoms with Crippen LogP contribution in [0.25, 0.3) is 0 Å². The van der Waals surface area contributed by atoms with E-state index in [1.165, 1.54) is 24.3 Å². The quantitative estimate of drug-likeness (QED) is 0.640. The molecule has 0 aromatic heterocycles. The number of rotatable bonds is 7. The lowest BCUT2D eigenvalue weighted by molar-refractivity contribution is 0.0691. The van der Waals surface area contributed by atoms with Gasteiger partial charge in [0.25, 0.3) is 15.9 Å². The fraction of sp³-hybridized carbons (Fsp3) is 0.0588. The van der Waals surface area contributed by atoms with Crippen LogP contribution in [0.4, 0.5) is 10.1 Å². The van der Waals surface area contributed by atoms with Gasteiger partial charge < -0.3 is 10.4 Å². The van der Waals surface area contributed by atoms with Crippen molar-refractivity contribution in [3.63, 3.8) is 0 Å². The minimum Gasteiger partial charge on any atom is -0.478 e. The fourth-order valence-electron chi connectivity index (χ4n) is 2.07. The van der Waals surface area contributed by atoms with E-state index in [4.69, 9.17) is 5.11 Å². The van der Waals surface area contributed by atoms with Gasteiger partial charge in [0, 0.05) is 6.54 Å². The van der Waals surface area contributed by atoms with Crippen LogP contribution >= 0.6 is 0 Å². The van der Waals surface area contributed by atoms with E-state index in [-0.39, 0.29) is 17.8 Å². The highest BCUT2D eigenvalue weighted by Crippen LogP contribution is 2.22. The Balaban J connectivity index is 2.39. The summed E-state index contributed by atoms with van der Waals surface area (Å²) >= 11 is 0. The summed E-state index contributed by atoms with van der Waals surface area (Å²) in [5.41, 5.74) is -0.710. The van der Waals surface area contributed by atoms with Gasteiger partial charge in [-0.1, -0.05) is 18.2 Å². The van der Waals surface area contributed by atoms with Crippen LogP contribution < -0.4 is 10.0 Å². The van der Waals surface area contributed by atoms with Crippen LogP contribution in [-0.2, 0) is 10.0 Å². The first-order chi connectivity index (χ1) is 12.3. The van der Waals surface area contributed by atoms with E-state index >= 15 is 0 Å². The topological polar surface area (TPSA) is 113 Å². The average molecular weight is 378 g/mol. The maximum absolute atomic E-state index is 13.5. The van der Waals surface area contributed by atoms with E-state index < -0.39 is 38.2 Å². The third-order valence-electron chi connectivity index (χ3n) is 3.30. The Labute approximate surface area is 149 Å². The molecule has 2 aromatic carbocycles. The molecule has 3 N–H and O–H groups in total. The van der Waals surface area contributed by atoms with Gasteiger partial charge in [-0.3, -0.25) is 9.52 Å². The lowest BCUT2D eigenvalue weighted by Crippen LogP contribution is -2.25. The third kappa shape index (κ3) is 4.25. The minimum absolute atomic E-state index is 0.00439. The molecule has 0 aliphatic heterocycles. The monoisotopic (exact) mass is 378 g/mol. The van der Waals surface area contributed by atoms with E-state index in [2.05, 4.69) is 16.6 Å². The molecule has 7 nitrogen and oxygen atoms in total. The molecule has 0 heterocycles. The molecule has 0 radical (unpaired) electrons. The summed E-state index contributed by atoms with van der Waals surface area (Å²) in [7, 11) is -4.24. The zero-order valence-corrected chi connectivity index (χ0v) is 14.2. The number of carboxylic acid groups (broad SMARTS) is 1. The fourth-order valence-corrected chi connectivity index (χ4v) is 3.17. The number of carbonyl (C=O) groups excluding carboxylic acids is 1. The maximum Gasteiger partial charge on any atom is 0.338 e. The molecule has 0 atom stereocenters. The zero-order valence-electron chi connectivity index (χ0n) is 13.4. The number of hydrogen-bond donors (Lipinski definition) is 3. The summed E-state index contributed by atoms with van der Waals surface area (Å²) in [5.74, 6) is -3.17. The van der Waals surface area contributed by atoms with E-state index in [0.717, 1.165) is 12.1 Å². The Kier molecular flexibility index (Phi) is 5.73. The average Bonchev–Trinajstić information content (AvgIpc) is 2.59. The molecule has 0 aliphatic carbocycles. The first kappa shape index (κ1) is 19.1. The molecule has 26 heavy (non-hydrogen) atoms. The van der Waals surface area contributed by atoms with Crippen molar-refractivity contribution in [2.75, 3.05) is 11.3 Å². The number of aromatic carboxylic acids is 1. The molecule has 2 aromatic rings. The minimum atomic E-state index is -4.24.